The molecule has 0 aromatic carbocycles. The molecule has 1 saturated heterocycles. The monoisotopic (exact) mass is 230 g/mol. The summed E-state index contributed by atoms with van der Waals surface area (Å²) in [5, 5.41) is 10.7. The number of rotatable bonds is 0. The molecule has 1 aliphatic rings. The summed E-state index contributed by atoms with van der Waals surface area (Å²) < 4.78 is 0. The van der Waals surface area contributed by atoms with Crippen molar-refractivity contribution in [3.05, 3.63) is 23.7 Å². The SMILES string of the molecule is CN1CCN(O)CC1.Clc1ccncn1. The minimum Gasteiger partial charge on any atom is -0.314 e. The molecule has 1 N–H and O–H groups in total. The standard InChI is InChI=1S/C5H12N2O.C4H3ClN2/c1-6-2-4-7(8)5-3-6;5-4-1-2-6-3-7-4/h8H,2-5H2,1H3;1-3H. The summed E-state index contributed by atoms with van der Waals surface area (Å²) in [5.74, 6) is 0. The van der Waals surface area contributed by atoms with E-state index in [2.05, 4.69) is 21.9 Å². The molecule has 1 aromatic heterocycles. The zero-order valence-corrected chi connectivity index (χ0v) is 9.43. The average Bonchev–Trinajstić information content (AvgIpc) is 2.25. The van der Waals surface area contributed by atoms with Gasteiger partial charge in [-0.15, -0.1) is 0 Å². The van der Waals surface area contributed by atoms with Crippen LogP contribution in [0.1, 0.15) is 0 Å². The Kier molecular flexibility index (Phi) is 5.49. The Bertz CT molecular complexity index is 254. The number of likely N-dealkylation sites (N-methyl/N-ethyl adjacent to an activating group) is 1. The molecule has 0 unspecified atom stereocenters. The van der Waals surface area contributed by atoms with Crippen molar-refractivity contribution in [3.63, 3.8) is 0 Å². The van der Waals surface area contributed by atoms with Crippen LogP contribution < -0.4 is 0 Å². The number of piperazine rings is 1. The summed E-state index contributed by atoms with van der Waals surface area (Å²) in [6.07, 6.45) is 3.00. The largest absolute Gasteiger partial charge is 0.314 e. The molecule has 0 radical (unpaired) electrons. The summed E-state index contributed by atoms with van der Waals surface area (Å²) in [4.78, 5) is 9.48. The number of hydrogen-bond donors (Lipinski definition) is 1. The Morgan fingerprint density at radius 2 is 2.00 bits per heavy atom. The van der Waals surface area contributed by atoms with Crippen molar-refractivity contribution >= 4 is 11.6 Å². The van der Waals surface area contributed by atoms with Gasteiger partial charge < -0.3 is 10.1 Å². The predicted molar refractivity (Wildman–Crippen MR) is 57.9 cm³/mol. The fraction of sp³-hybridized carbons (Fsp3) is 0.556. The Hall–Kier alpha value is -0.750. The van der Waals surface area contributed by atoms with E-state index in [1.54, 1.807) is 12.3 Å². The van der Waals surface area contributed by atoms with Crippen molar-refractivity contribution in [2.24, 2.45) is 0 Å². The van der Waals surface area contributed by atoms with Gasteiger partial charge in [0.2, 0.25) is 0 Å². The highest BCUT2D eigenvalue weighted by atomic mass is 35.5. The van der Waals surface area contributed by atoms with Crippen molar-refractivity contribution < 1.29 is 5.21 Å². The molecule has 2 rings (SSSR count). The molecule has 0 spiro atoms. The third-order valence-corrected chi connectivity index (χ3v) is 2.25. The number of hydrogen-bond acceptors (Lipinski definition) is 5. The third-order valence-electron chi connectivity index (χ3n) is 2.03. The predicted octanol–water partition coefficient (Wildman–Crippen LogP) is 0.753. The zero-order valence-electron chi connectivity index (χ0n) is 8.67. The van der Waals surface area contributed by atoms with Gasteiger partial charge in [0.05, 0.1) is 0 Å². The highest BCUT2D eigenvalue weighted by molar-refractivity contribution is 6.29. The summed E-state index contributed by atoms with van der Waals surface area (Å²) in [5.41, 5.74) is 0. The van der Waals surface area contributed by atoms with Crippen LogP contribution in [-0.4, -0.2) is 58.4 Å². The summed E-state index contributed by atoms with van der Waals surface area (Å²) >= 11 is 5.39. The Morgan fingerprint density at radius 1 is 1.33 bits per heavy atom. The van der Waals surface area contributed by atoms with E-state index in [0.29, 0.717) is 5.15 Å². The molecule has 0 bridgehead atoms. The number of aromatic nitrogens is 2. The van der Waals surface area contributed by atoms with Gasteiger partial charge in [-0.3, -0.25) is 0 Å². The summed E-state index contributed by atoms with van der Waals surface area (Å²) in [6.45, 7) is 3.54. The van der Waals surface area contributed by atoms with E-state index in [1.165, 1.54) is 11.4 Å². The molecule has 0 amide bonds. The summed E-state index contributed by atoms with van der Waals surface area (Å²) in [6, 6.07) is 1.63. The first kappa shape index (κ1) is 12.3. The average molecular weight is 231 g/mol. The first-order valence-corrected chi connectivity index (χ1v) is 5.10. The molecule has 1 fully saturated rings. The second kappa shape index (κ2) is 6.68. The van der Waals surface area contributed by atoms with Crippen LogP contribution in [0.2, 0.25) is 5.15 Å². The van der Waals surface area contributed by atoms with Crippen LogP contribution in [0, 0.1) is 0 Å². The van der Waals surface area contributed by atoms with Gasteiger partial charge in [-0.05, 0) is 13.1 Å². The molecule has 0 atom stereocenters. The third kappa shape index (κ3) is 5.64. The van der Waals surface area contributed by atoms with Gasteiger partial charge in [0.25, 0.3) is 0 Å². The van der Waals surface area contributed by atoms with Crippen molar-refractivity contribution in [1.29, 1.82) is 0 Å². The fourth-order valence-electron chi connectivity index (χ4n) is 1.07. The number of hydroxylamine groups is 2. The first-order valence-electron chi connectivity index (χ1n) is 4.72. The number of halogens is 1. The van der Waals surface area contributed by atoms with Crippen molar-refractivity contribution in [2.45, 2.75) is 0 Å². The molecular formula is C9H15ClN4O. The van der Waals surface area contributed by atoms with E-state index < -0.39 is 0 Å². The van der Waals surface area contributed by atoms with Crippen LogP contribution >= 0.6 is 11.6 Å². The molecule has 1 aromatic rings. The first-order chi connectivity index (χ1) is 7.18. The van der Waals surface area contributed by atoms with Crippen molar-refractivity contribution in [3.8, 4) is 0 Å². The lowest BCUT2D eigenvalue weighted by molar-refractivity contribution is -0.114. The normalized spacial score (nSPS) is 18.1. The molecule has 6 heteroatoms. The molecule has 0 saturated carbocycles. The van der Waals surface area contributed by atoms with E-state index in [4.69, 9.17) is 16.8 Å². The Morgan fingerprint density at radius 3 is 2.33 bits per heavy atom. The molecule has 5 nitrogen and oxygen atoms in total. The topological polar surface area (TPSA) is 52.5 Å². The zero-order chi connectivity index (χ0) is 11.1. The summed E-state index contributed by atoms with van der Waals surface area (Å²) in [7, 11) is 2.06. The minimum atomic E-state index is 0.481. The van der Waals surface area contributed by atoms with Crippen LogP contribution in [0.3, 0.4) is 0 Å². The smallest absolute Gasteiger partial charge is 0.132 e. The Labute approximate surface area is 94.3 Å². The molecule has 0 aliphatic carbocycles. The van der Waals surface area contributed by atoms with E-state index >= 15 is 0 Å². The van der Waals surface area contributed by atoms with E-state index in [0.717, 1.165) is 26.2 Å². The second-order valence-electron chi connectivity index (χ2n) is 3.29. The van der Waals surface area contributed by atoms with Gasteiger partial charge in [0.15, 0.2) is 0 Å². The maximum atomic E-state index is 8.83. The van der Waals surface area contributed by atoms with Gasteiger partial charge in [0.1, 0.15) is 11.5 Å². The van der Waals surface area contributed by atoms with Gasteiger partial charge in [0, 0.05) is 32.4 Å². The van der Waals surface area contributed by atoms with E-state index in [1.807, 2.05) is 0 Å². The number of nitrogens with zero attached hydrogens (tertiary/aromatic N) is 4. The lowest BCUT2D eigenvalue weighted by atomic mass is 10.4. The maximum Gasteiger partial charge on any atom is 0.132 e. The maximum absolute atomic E-state index is 8.83. The highest BCUT2D eigenvalue weighted by Gasteiger charge is 2.09. The van der Waals surface area contributed by atoms with Crippen molar-refractivity contribution in [2.75, 3.05) is 33.2 Å². The lowest BCUT2D eigenvalue weighted by Gasteiger charge is -2.27. The quantitative estimate of drug-likeness (QED) is 0.667. The van der Waals surface area contributed by atoms with Crippen LogP contribution in [-0.2, 0) is 0 Å². The fourth-order valence-corrected chi connectivity index (χ4v) is 1.17. The molecule has 84 valence electrons. The highest BCUT2D eigenvalue weighted by Crippen LogP contribution is 1.96. The van der Waals surface area contributed by atoms with Gasteiger partial charge in [-0.2, -0.15) is 5.06 Å². The Balaban J connectivity index is 0.000000151. The van der Waals surface area contributed by atoms with Crippen LogP contribution in [0.5, 0.6) is 0 Å². The molecular weight excluding hydrogens is 216 g/mol. The lowest BCUT2D eigenvalue weighted by Crippen LogP contribution is -2.42. The minimum absolute atomic E-state index is 0.481. The molecule has 2 heterocycles. The van der Waals surface area contributed by atoms with Gasteiger partial charge in [-0.25, -0.2) is 9.97 Å². The van der Waals surface area contributed by atoms with Crippen LogP contribution in [0.4, 0.5) is 0 Å². The second-order valence-corrected chi connectivity index (χ2v) is 3.68. The van der Waals surface area contributed by atoms with E-state index in [9.17, 15) is 0 Å². The molecule has 15 heavy (non-hydrogen) atoms. The van der Waals surface area contributed by atoms with Crippen molar-refractivity contribution in [1.82, 2.24) is 19.9 Å². The van der Waals surface area contributed by atoms with E-state index in [-0.39, 0.29) is 0 Å². The van der Waals surface area contributed by atoms with Crippen LogP contribution in [0.25, 0.3) is 0 Å². The molecule has 1 aliphatic heterocycles. The van der Waals surface area contributed by atoms with Crippen LogP contribution in [0.15, 0.2) is 18.6 Å². The van der Waals surface area contributed by atoms with Gasteiger partial charge >= 0.3 is 0 Å². The van der Waals surface area contributed by atoms with Gasteiger partial charge in [-0.1, -0.05) is 11.6 Å².